The normalized spacial score (nSPS) is 15.4. The van der Waals surface area contributed by atoms with Crippen LogP contribution in [0.4, 0.5) is 13.2 Å². The van der Waals surface area contributed by atoms with Gasteiger partial charge < -0.3 is 20.8 Å². The maximum Gasteiger partial charge on any atom is 0.490 e. The molecule has 0 radical (unpaired) electrons. The van der Waals surface area contributed by atoms with E-state index < -0.39 is 22.3 Å². The third-order valence-electron chi connectivity index (χ3n) is 4.21. The topological polar surface area (TPSA) is 141 Å². The number of fused-ring (bicyclic) bond motifs is 1. The Morgan fingerprint density at radius 3 is 2.10 bits per heavy atom. The first kappa shape index (κ1) is 26.8. The van der Waals surface area contributed by atoms with Crippen molar-refractivity contribution in [3.05, 3.63) is 42.5 Å². The minimum absolute atomic E-state index is 0.0457. The molecule has 0 aliphatic carbocycles. The van der Waals surface area contributed by atoms with E-state index in [-0.39, 0.29) is 11.0 Å². The van der Waals surface area contributed by atoms with Gasteiger partial charge in [-0.05, 0) is 37.4 Å². The molecule has 3 rings (SSSR count). The molecule has 2 aromatic carbocycles. The molecule has 0 unspecified atom stereocenters. The molecule has 1 heterocycles. The SMILES string of the molecule is NC[C@@H](O)CN1CCCC1.O=C(O)C(F)(F)F.O=S(=O)(O)c1cccc2ccccc12. The van der Waals surface area contributed by atoms with Gasteiger partial charge in [0.05, 0.1) is 6.10 Å². The number of carbonyl (C=O) groups is 1. The van der Waals surface area contributed by atoms with E-state index in [1.165, 1.54) is 18.9 Å². The maximum absolute atomic E-state index is 11.0. The summed E-state index contributed by atoms with van der Waals surface area (Å²) in [6.45, 7) is 3.42. The molecule has 1 saturated heterocycles. The molecule has 12 heteroatoms. The number of halogens is 3. The Labute approximate surface area is 177 Å². The summed E-state index contributed by atoms with van der Waals surface area (Å²) in [5, 5.41) is 17.6. The Kier molecular flexibility index (Phi) is 10.3. The van der Waals surface area contributed by atoms with Gasteiger partial charge in [-0.25, -0.2) is 4.79 Å². The molecule has 8 nitrogen and oxygen atoms in total. The predicted molar refractivity (Wildman–Crippen MR) is 108 cm³/mol. The Morgan fingerprint density at radius 2 is 1.61 bits per heavy atom. The average Bonchev–Trinajstić information content (AvgIpc) is 3.20. The van der Waals surface area contributed by atoms with Crippen molar-refractivity contribution in [1.29, 1.82) is 0 Å². The molecule has 1 aliphatic rings. The fourth-order valence-corrected chi connectivity index (χ4v) is 3.47. The van der Waals surface area contributed by atoms with Gasteiger partial charge in [-0.2, -0.15) is 21.6 Å². The molecule has 174 valence electrons. The van der Waals surface area contributed by atoms with Crippen molar-refractivity contribution in [3.8, 4) is 0 Å². The minimum Gasteiger partial charge on any atom is -0.475 e. The van der Waals surface area contributed by atoms with Gasteiger partial charge in [0, 0.05) is 18.5 Å². The largest absolute Gasteiger partial charge is 0.490 e. The smallest absolute Gasteiger partial charge is 0.475 e. The van der Waals surface area contributed by atoms with E-state index in [2.05, 4.69) is 4.90 Å². The Bertz CT molecular complexity index is 942. The molecule has 1 aliphatic heterocycles. The molecule has 1 atom stereocenters. The summed E-state index contributed by atoms with van der Waals surface area (Å²) >= 11 is 0. The van der Waals surface area contributed by atoms with Crippen LogP contribution < -0.4 is 5.73 Å². The Hall–Kier alpha value is -2.25. The second-order valence-corrected chi connectivity index (χ2v) is 8.04. The summed E-state index contributed by atoms with van der Waals surface area (Å²) < 4.78 is 62.7. The molecule has 1 fully saturated rings. The molecule has 0 aromatic heterocycles. The summed E-state index contributed by atoms with van der Waals surface area (Å²) in [7, 11) is -4.13. The molecule has 31 heavy (non-hydrogen) atoms. The van der Waals surface area contributed by atoms with Crippen molar-refractivity contribution in [1.82, 2.24) is 4.90 Å². The number of aliphatic hydroxyl groups excluding tert-OH is 1. The summed E-state index contributed by atoms with van der Waals surface area (Å²) in [4.78, 5) is 11.1. The monoisotopic (exact) mass is 466 g/mol. The lowest BCUT2D eigenvalue weighted by Crippen LogP contribution is -2.34. The first-order valence-corrected chi connectivity index (χ1v) is 10.7. The number of nitrogens with two attached hydrogens (primary N) is 1. The molecule has 0 spiro atoms. The van der Waals surface area contributed by atoms with Crippen molar-refractivity contribution >= 4 is 26.9 Å². The highest BCUT2D eigenvalue weighted by molar-refractivity contribution is 7.86. The van der Waals surface area contributed by atoms with Crippen LogP contribution in [0.2, 0.25) is 0 Å². The predicted octanol–water partition coefficient (Wildman–Crippen LogP) is 2.12. The summed E-state index contributed by atoms with van der Waals surface area (Å²) in [5.41, 5.74) is 5.27. The van der Waals surface area contributed by atoms with E-state index in [1.807, 2.05) is 6.07 Å². The number of β-amino-alcohol motifs (C(OH)–C–C–N with tert-alkyl or cyclic N) is 1. The van der Waals surface area contributed by atoms with E-state index in [1.54, 1.807) is 30.3 Å². The number of carboxylic acids is 1. The van der Waals surface area contributed by atoms with Crippen LogP contribution >= 0.6 is 0 Å². The van der Waals surface area contributed by atoms with Crippen molar-refractivity contribution in [3.63, 3.8) is 0 Å². The van der Waals surface area contributed by atoms with Gasteiger partial charge in [0.15, 0.2) is 0 Å². The lowest BCUT2D eigenvalue weighted by Gasteiger charge is -2.17. The van der Waals surface area contributed by atoms with Crippen LogP contribution in [0.15, 0.2) is 47.4 Å². The molecular weight excluding hydrogens is 441 g/mol. The maximum atomic E-state index is 11.0. The lowest BCUT2D eigenvalue weighted by molar-refractivity contribution is -0.192. The summed E-state index contributed by atoms with van der Waals surface area (Å²) in [6, 6.07) is 11.8. The third kappa shape index (κ3) is 9.61. The Balaban J connectivity index is 0.000000249. The molecule has 0 bridgehead atoms. The van der Waals surface area contributed by atoms with Crippen molar-refractivity contribution < 1.29 is 41.1 Å². The average molecular weight is 466 g/mol. The van der Waals surface area contributed by atoms with Crippen LogP contribution in [0.25, 0.3) is 10.8 Å². The zero-order valence-corrected chi connectivity index (χ0v) is 17.3. The molecule has 0 amide bonds. The first-order chi connectivity index (χ1) is 14.4. The van der Waals surface area contributed by atoms with Gasteiger partial charge in [0.1, 0.15) is 4.90 Å². The number of hydrogen-bond donors (Lipinski definition) is 4. The number of likely N-dealkylation sites (tertiary alicyclic amines) is 1. The first-order valence-electron chi connectivity index (χ1n) is 9.22. The number of aliphatic carboxylic acids is 1. The van der Waals surface area contributed by atoms with E-state index in [0.717, 1.165) is 25.0 Å². The standard InChI is InChI=1S/C10H8O3S.C7H16N2O.C2HF3O2/c11-14(12,13)10-7-3-5-8-4-1-2-6-9(8)10;8-5-7(10)6-9-3-1-2-4-9;3-2(4,5)1(6)7/h1-7H,(H,11,12,13);7,10H,1-6,8H2;(H,6,7)/t;7-;/m.1./s1. The van der Waals surface area contributed by atoms with Crippen LogP contribution in [0.5, 0.6) is 0 Å². The second-order valence-electron chi connectivity index (χ2n) is 6.65. The number of carboxylic acid groups (broad SMARTS) is 1. The van der Waals surface area contributed by atoms with E-state index in [9.17, 15) is 21.6 Å². The van der Waals surface area contributed by atoms with Crippen molar-refractivity contribution in [2.24, 2.45) is 5.73 Å². The molecular formula is C19H25F3N2O6S. The van der Waals surface area contributed by atoms with Gasteiger partial charge in [-0.1, -0.05) is 36.4 Å². The van der Waals surface area contributed by atoms with Gasteiger partial charge in [-0.3, -0.25) is 4.55 Å². The Morgan fingerprint density at radius 1 is 1.10 bits per heavy atom. The number of rotatable bonds is 4. The molecule has 5 N–H and O–H groups in total. The fourth-order valence-electron chi connectivity index (χ4n) is 2.76. The number of aliphatic hydroxyl groups is 1. The fraction of sp³-hybridized carbons (Fsp3) is 0.421. The van der Waals surface area contributed by atoms with Crippen LogP contribution in [-0.2, 0) is 14.9 Å². The second kappa shape index (κ2) is 12.0. The lowest BCUT2D eigenvalue weighted by atomic mass is 10.1. The number of nitrogens with zero attached hydrogens (tertiary/aromatic N) is 1. The van der Waals surface area contributed by atoms with Crippen molar-refractivity contribution in [2.75, 3.05) is 26.2 Å². The highest BCUT2D eigenvalue weighted by atomic mass is 32.2. The number of benzene rings is 2. The number of alkyl halides is 3. The van der Waals surface area contributed by atoms with Crippen LogP contribution in [0.3, 0.4) is 0 Å². The van der Waals surface area contributed by atoms with Gasteiger partial charge in [-0.15, -0.1) is 0 Å². The van der Waals surface area contributed by atoms with Crippen molar-refractivity contribution in [2.45, 2.75) is 30.0 Å². The van der Waals surface area contributed by atoms with E-state index in [0.29, 0.717) is 11.9 Å². The zero-order chi connectivity index (χ0) is 23.7. The van der Waals surface area contributed by atoms with Gasteiger partial charge in [0.2, 0.25) is 0 Å². The minimum atomic E-state index is -5.08. The third-order valence-corrected chi connectivity index (χ3v) is 5.12. The highest BCUT2D eigenvalue weighted by Gasteiger charge is 2.38. The highest BCUT2D eigenvalue weighted by Crippen LogP contribution is 2.22. The van der Waals surface area contributed by atoms with Crippen LogP contribution in [-0.4, -0.2) is 72.5 Å². The van der Waals surface area contributed by atoms with Gasteiger partial charge >= 0.3 is 12.1 Å². The molecule has 2 aromatic rings. The summed E-state index contributed by atoms with van der Waals surface area (Å²) in [6.07, 6.45) is -2.85. The van der Waals surface area contributed by atoms with E-state index >= 15 is 0 Å². The van der Waals surface area contributed by atoms with Crippen LogP contribution in [0, 0.1) is 0 Å². The van der Waals surface area contributed by atoms with Crippen LogP contribution in [0.1, 0.15) is 12.8 Å². The molecule has 0 saturated carbocycles. The quantitative estimate of drug-likeness (QED) is 0.502. The van der Waals surface area contributed by atoms with Gasteiger partial charge in [0.25, 0.3) is 10.1 Å². The number of hydrogen-bond acceptors (Lipinski definition) is 6. The summed E-state index contributed by atoms with van der Waals surface area (Å²) in [5.74, 6) is -2.76. The van der Waals surface area contributed by atoms with E-state index in [4.69, 9.17) is 25.3 Å². The zero-order valence-electron chi connectivity index (χ0n) is 16.5.